The third-order valence-corrected chi connectivity index (χ3v) is 3.84. The van der Waals surface area contributed by atoms with E-state index in [1.54, 1.807) is 12.1 Å². The van der Waals surface area contributed by atoms with Crippen molar-refractivity contribution in [3.63, 3.8) is 0 Å². The van der Waals surface area contributed by atoms with Crippen molar-refractivity contribution in [2.24, 2.45) is 0 Å². The van der Waals surface area contributed by atoms with Crippen molar-refractivity contribution in [3.8, 4) is 5.75 Å². The van der Waals surface area contributed by atoms with E-state index < -0.39 is 5.24 Å². The summed E-state index contributed by atoms with van der Waals surface area (Å²) in [6.07, 6.45) is 4.15. The minimum absolute atomic E-state index is 0.0536. The predicted octanol–water partition coefficient (Wildman–Crippen LogP) is 4.48. The van der Waals surface area contributed by atoms with Crippen molar-refractivity contribution in [1.82, 2.24) is 0 Å². The maximum Gasteiger partial charge on any atom is 0.253 e. The fourth-order valence-electron chi connectivity index (χ4n) is 2.85. The Morgan fingerprint density at radius 2 is 2.05 bits per heavy atom. The van der Waals surface area contributed by atoms with Crippen molar-refractivity contribution < 1.29 is 13.9 Å². The molecule has 0 amide bonds. The van der Waals surface area contributed by atoms with E-state index in [0.29, 0.717) is 16.9 Å². The summed E-state index contributed by atoms with van der Waals surface area (Å²) in [7, 11) is 0. The van der Waals surface area contributed by atoms with Gasteiger partial charge in [-0.05, 0) is 56.8 Å². The summed E-state index contributed by atoms with van der Waals surface area (Å²) in [5.41, 5.74) is 2.31. The molecule has 2 aromatic rings. The first-order chi connectivity index (χ1) is 9.58. The average molecular weight is 293 g/mol. The molecule has 20 heavy (non-hydrogen) atoms. The number of fused-ring (bicyclic) bond motifs is 3. The molecule has 0 bridgehead atoms. The smallest absolute Gasteiger partial charge is 0.253 e. The monoisotopic (exact) mass is 292 g/mol. The molecule has 3 nitrogen and oxygen atoms in total. The van der Waals surface area contributed by atoms with Gasteiger partial charge in [0.1, 0.15) is 5.76 Å². The summed E-state index contributed by atoms with van der Waals surface area (Å²) in [4.78, 5) is 11.7. The minimum atomic E-state index is -0.444. The third-order valence-electron chi connectivity index (χ3n) is 3.64. The van der Waals surface area contributed by atoms with Crippen LogP contribution in [0.5, 0.6) is 5.75 Å². The van der Waals surface area contributed by atoms with E-state index in [4.69, 9.17) is 20.8 Å². The van der Waals surface area contributed by atoms with Gasteiger partial charge >= 0.3 is 0 Å². The number of aryl methyl sites for hydroxylation is 2. The van der Waals surface area contributed by atoms with Crippen LogP contribution in [0.25, 0.3) is 11.0 Å². The minimum Gasteiger partial charge on any atom is -0.487 e. The zero-order chi connectivity index (χ0) is 14.3. The number of ether oxygens (including phenoxy) is 1. The molecule has 0 saturated carbocycles. The summed E-state index contributed by atoms with van der Waals surface area (Å²) in [5.74, 6) is 1.66. The SMILES string of the molecule is CC(C)Oc1ccc(C(=O)Cl)c2c3c(oc12)CCCC3. The van der Waals surface area contributed by atoms with Crippen LogP contribution in [0.4, 0.5) is 0 Å². The van der Waals surface area contributed by atoms with Gasteiger partial charge in [0.2, 0.25) is 0 Å². The zero-order valence-electron chi connectivity index (χ0n) is 11.7. The molecular formula is C16H17ClO3. The van der Waals surface area contributed by atoms with E-state index in [-0.39, 0.29) is 6.10 Å². The topological polar surface area (TPSA) is 39.4 Å². The molecule has 1 aliphatic rings. The Bertz CT molecular complexity index is 670. The van der Waals surface area contributed by atoms with Crippen molar-refractivity contribution >= 4 is 27.8 Å². The van der Waals surface area contributed by atoms with Crippen LogP contribution in [0.1, 0.15) is 48.4 Å². The van der Waals surface area contributed by atoms with Gasteiger partial charge in [-0.25, -0.2) is 0 Å². The number of benzene rings is 1. The van der Waals surface area contributed by atoms with Gasteiger partial charge in [0.25, 0.3) is 5.24 Å². The summed E-state index contributed by atoms with van der Waals surface area (Å²) < 4.78 is 11.8. The Balaban J connectivity index is 2.27. The lowest BCUT2D eigenvalue weighted by Gasteiger charge is -2.11. The van der Waals surface area contributed by atoms with Crippen molar-refractivity contribution in [2.75, 3.05) is 0 Å². The maximum absolute atomic E-state index is 11.7. The molecule has 3 rings (SSSR count). The van der Waals surface area contributed by atoms with E-state index in [1.807, 2.05) is 13.8 Å². The Morgan fingerprint density at radius 3 is 2.75 bits per heavy atom. The lowest BCUT2D eigenvalue weighted by Crippen LogP contribution is -2.06. The standard InChI is InChI=1S/C16H17ClO3/c1-9(2)19-13-8-7-11(16(17)18)14-10-5-3-4-6-12(10)20-15(13)14/h7-9H,3-6H2,1-2H3. The van der Waals surface area contributed by atoms with Crippen LogP contribution in [0.2, 0.25) is 0 Å². The molecule has 106 valence electrons. The summed E-state index contributed by atoms with van der Waals surface area (Å²) >= 11 is 5.72. The highest BCUT2D eigenvalue weighted by molar-refractivity contribution is 6.68. The fourth-order valence-corrected chi connectivity index (χ4v) is 3.01. The number of carbonyl (C=O) groups excluding carboxylic acids is 1. The third kappa shape index (κ3) is 2.20. The molecular weight excluding hydrogens is 276 g/mol. The molecule has 1 aromatic carbocycles. The Morgan fingerprint density at radius 1 is 1.30 bits per heavy atom. The molecule has 1 heterocycles. The molecule has 0 fully saturated rings. The van der Waals surface area contributed by atoms with Crippen molar-refractivity contribution in [1.29, 1.82) is 0 Å². The predicted molar refractivity (Wildman–Crippen MR) is 78.8 cm³/mol. The summed E-state index contributed by atoms with van der Waals surface area (Å²) in [6, 6.07) is 3.51. The number of halogens is 1. The lowest BCUT2D eigenvalue weighted by molar-refractivity contribution is 0.108. The molecule has 0 aliphatic heterocycles. The molecule has 0 unspecified atom stereocenters. The molecule has 0 radical (unpaired) electrons. The van der Waals surface area contributed by atoms with E-state index in [0.717, 1.165) is 42.4 Å². The van der Waals surface area contributed by atoms with Crippen LogP contribution in [0, 0.1) is 0 Å². The molecule has 4 heteroatoms. The molecule has 1 aliphatic carbocycles. The van der Waals surface area contributed by atoms with Gasteiger partial charge in [0, 0.05) is 22.9 Å². The Hall–Kier alpha value is -1.48. The number of rotatable bonds is 3. The zero-order valence-corrected chi connectivity index (χ0v) is 12.4. The number of carbonyl (C=O) groups is 1. The molecule has 0 saturated heterocycles. The molecule has 1 aromatic heterocycles. The second kappa shape index (κ2) is 5.13. The maximum atomic E-state index is 11.7. The number of hydrogen-bond donors (Lipinski definition) is 0. The number of furan rings is 1. The number of hydrogen-bond acceptors (Lipinski definition) is 3. The van der Waals surface area contributed by atoms with Gasteiger partial charge in [-0.1, -0.05) is 0 Å². The highest BCUT2D eigenvalue weighted by Crippen LogP contribution is 2.39. The Labute approximate surface area is 122 Å². The largest absolute Gasteiger partial charge is 0.487 e. The lowest BCUT2D eigenvalue weighted by atomic mass is 9.94. The molecule has 0 spiro atoms. The van der Waals surface area contributed by atoms with Gasteiger partial charge in [0.05, 0.1) is 6.10 Å². The van der Waals surface area contributed by atoms with Gasteiger partial charge in [0.15, 0.2) is 11.3 Å². The summed E-state index contributed by atoms with van der Waals surface area (Å²) in [5, 5.41) is 0.401. The van der Waals surface area contributed by atoms with Crippen LogP contribution in [-0.2, 0) is 12.8 Å². The van der Waals surface area contributed by atoms with Crippen LogP contribution in [-0.4, -0.2) is 11.3 Å². The summed E-state index contributed by atoms with van der Waals surface area (Å²) in [6.45, 7) is 3.94. The van der Waals surface area contributed by atoms with E-state index >= 15 is 0 Å². The fraction of sp³-hybridized carbons (Fsp3) is 0.438. The first kappa shape index (κ1) is 13.5. The molecule has 0 N–H and O–H groups in total. The van der Waals surface area contributed by atoms with Gasteiger partial charge in [-0.3, -0.25) is 4.79 Å². The Kier molecular flexibility index (Phi) is 3.47. The second-order valence-electron chi connectivity index (χ2n) is 5.47. The van der Waals surface area contributed by atoms with E-state index in [1.165, 1.54) is 0 Å². The van der Waals surface area contributed by atoms with Crippen LogP contribution >= 0.6 is 11.6 Å². The normalized spacial score (nSPS) is 14.6. The van der Waals surface area contributed by atoms with Crippen molar-refractivity contribution in [3.05, 3.63) is 29.0 Å². The van der Waals surface area contributed by atoms with E-state index in [9.17, 15) is 4.79 Å². The van der Waals surface area contributed by atoms with Gasteiger partial charge < -0.3 is 9.15 Å². The van der Waals surface area contributed by atoms with Gasteiger partial charge in [-0.15, -0.1) is 0 Å². The first-order valence-corrected chi connectivity index (χ1v) is 7.39. The second-order valence-corrected chi connectivity index (χ2v) is 5.81. The van der Waals surface area contributed by atoms with Gasteiger partial charge in [-0.2, -0.15) is 0 Å². The van der Waals surface area contributed by atoms with Crippen molar-refractivity contribution in [2.45, 2.75) is 45.6 Å². The van der Waals surface area contributed by atoms with Crippen LogP contribution in [0.15, 0.2) is 16.5 Å². The average Bonchev–Trinajstić information content (AvgIpc) is 2.78. The first-order valence-electron chi connectivity index (χ1n) is 7.01. The highest BCUT2D eigenvalue weighted by atomic mass is 35.5. The van der Waals surface area contributed by atoms with Crippen LogP contribution in [0.3, 0.4) is 0 Å². The quantitative estimate of drug-likeness (QED) is 0.783. The highest BCUT2D eigenvalue weighted by Gasteiger charge is 2.24. The van der Waals surface area contributed by atoms with E-state index in [2.05, 4.69) is 0 Å². The molecule has 0 atom stereocenters. The van der Waals surface area contributed by atoms with Crippen LogP contribution < -0.4 is 4.74 Å².